The molecule has 0 radical (unpaired) electrons. The average molecular weight is 369 g/mol. The van der Waals surface area contributed by atoms with Gasteiger partial charge < -0.3 is 15.5 Å². The summed E-state index contributed by atoms with van der Waals surface area (Å²) in [6, 6.07) is 9.07. The minimum absolute atomic E-state index is 0.206. The number of benzene rings is 1. The summed E-state index contributed by atoms with van der Waals surface area (Å²) in [7, 11) is 3.78. The summed E-state index contributed by atoms with van der Waals surface area (Å²) in [5, 5.41) is 11.1. The summed E-state index contributed by atoms with van der Waals surface area (Å²) >= 11 is 0. The third-order valence-electron chi connectivity index (χ3n) is 5.11. The van der Waals surface area contributed by atoms with Gasteiger partial charge in [0.05, 0.1) is 12.2 Å². The number of nitrogens with one attached hydrogen (secondary N) is 2. The molecule has 0 saturated carbocycles. The number of hydrogen-bond donors (Lipinski definition) is 2. The lowest BCUT2D eigenvalue weighted by Gasteiger charge is -2.22. The molecule has 2 aromatic rings. The molecule has 1 unspecified atom stereocenters. The van der Waals surface area contributed by atoms with E-state index in [1.54, 1.807) is 0 Å². The van der Waals surface area contributed by atoms with Crippen molar-refractivity contribution in [1.29, 1.82) is 0 Å². The molecule has 3 rings (SSSR count). The van der Waals surface area contributed by atoms with Gasteiger partial charge in [0, 0.05) is 45.6 Å². The van der Waals surface area contributed by atoms with E-state index in [1.807, 2.05) is 25.0 Å². The van der Waals surface area contributed by atoms with Crippen LogP contribution in [0.2, 0.25) is 0 Å². The van der Waals surface area contributed by atoms with Crippen LogP contribution in [0.1, 0.15) is 43.4 Å². The molecule has 1 atom stereocenters. The Kier molecular flexibility index (Phi) is 6.74. The maximum absolute atomic E-state index is 4.37. The maximum Gasteiger partial charge on any atom is 0.191 e. The minimum atomic E-state index is 0.206. The largest absolute Gasteiger partial charge is 0.372 e. The van der Waals surface area contributed by atoms with Crippen LogP contribution in [0.4, 0.5) is 5.69 Å². The van der Waals surface area contributed by atoms with Gasteiger partial charge in [-0.25, -0.2) is 0 Å². The highest BCUT2D eigenvalue weighted by molar-refractivity contribution is 5.80. The molecular formula is C21H32N6. The highest BCUT2D eigenvalue weighted by atomic mass is 15.2. The van der Waals surface area contributed by atoms with E-state index in [1.165, 1.54) is 42.7 Å². The topological polar surface area (TPSA) is 57.5 Å². The van der Waals surface area contributed by atoms with Crippen molar-refractivity contribution in [2.45, 2.75) is 38.6 Å². The molecule has 27 heavy (non-hydrogen) atoms. The number of nitrogens with zero attached hydrogens (tertiary/aromatic N) is 4. The predicted octanol–water partition coefficient (Wildman–Crippen LogP) is 2.88. The van der Waals surface area contributed by atoms with Gasteiger partial charge in [0.25, 0.3) is 0 Å². The molecule has 2 N–H and O–H groups in total. The number of guanidine groups is 1. The number of rotatable bonds is 7. The van der Waals surface area contributed by atoms with Crippen LogP contribution in [0.25, 0.3) is 0 Å². The van der Waals surface area contributed by atoms with Gasteiger partial charge in [-0.1, -0.05) is 12.1 Å². The molecule has 1 fully saturated rings. The molecule has 1 aromatic carbocycles. The average Bonchev–Trinajstić information content (AvgIpc) is 3.36. The lowest BCUT2D eigenvalue weighted by molar-refractivity contribution is 0.673. The SMILES string of the molecule is CN=C(NCCCc1cnn(C)c1)NC(C)c1cccc(N2CCCC2)c1. The maximum atomic E-state index is 4.37. The van der Waals surface area contributed by atoms with E-state index in [4.69, 9.17) is 0 Å². The second-order valence-corrected chi connectivity index (χ2v) is 7.28. The van der Waals surface area contributed by atoms with E-state index in [2.05, 4.69) is 63.0 Å². The molecule has 1 aromatic heterocycles. The standard InChI is InChI=1S/C21H32N6/c1-17(19-9-6-10-20(14-19)27-12-4-5-13-27)25-21(22-2)23-11-7-8-18-15-24-26(3)16-18/h6,9-10,14-17H,4-5,7-8,11-13H2,1-3H3,(H2,22,23,25). The van der Waals surface area contributed by atoms with Gasteiger partial charge in [-0.3, -0.25) is 9.67 Å². The zero-order chi connectivity index (χ0) is 19.1. The highest BCUT2D eigenvalue weighted by Crippen LogP contribution is 2.23. The van der Waals surface area contributed by atoms with Gasteiger partial charge in [0.2, 0.25) is 0 Å². The first-order chi connectivity index (χ1) is 13.2. The van der Waals surface area contributed by atoms with Gasteiger partial charge in [-0.05, 0) is 55.9 Å². The van der Waals surface area contributed by atoms with E-state index in [0.29, 0.717) is 0 Å². The van der Waals surface area contributed by atoms with Crippen molar-refractivity contribution < 1.29 is 0 Å². The molecule has 1 aliphatic heterocycles. The Hall–Kier alpha value is -2.50. The van der Waals surface area contributed by atoms with Gasteiger partial charge in [-0.2, -0.15) is 5.10 Å². The van der Waals surface area contributed by atoms with Crippen molar-refractivity contribution in [2.75, 3.05) is 31.6 Å². The van der Waals surface area contributed by atoms with E-state index in [9.17, 15) is 0 Å². The molecule has 2 heterocycles. The van der Waals surface area contributed by atoms with E-state index < -0.39 is 0 Å². The summed E-state index contributed by atoms with van der Waals surface area (Å²) in [5.41, 5.74) is 3.89. The fraction of sp³-hybridized carbons (Fsp3) is 0.524. The zero-order valence-corrected chi connectivity index (χ0v) is 16.8. The Morgan fingerprint density at radius 1 is 1.30 bits per heavy atom. The van der Waals surface area contributed by atoms with Gasteiger partial charge in [0.1, 0.15) is 0 Å². The highest BCUT2D eigenvalue weighted by Gasteiger charge is 2.14. The normalized spacial score (nSPS) is 15.8. The molecule has 6 nitrogen and oxygen atoms in total. The summed E-state index contributed by atoms with van der Waals surface area (Å²) in [6.45, 7) is 5.41. The molecular weight excluding hydrogens is 336 g/mol. The van der Waals surface area contributed by atoms with Crippen molar-refractivity contribution in [3.63, 3.8) is 0 Å². The second kappa shape index (κ2) is 9.44. The number of aryl methyl sites for hydroxylation is 2. The quantitative estimate of drug-likeness (QED) is 0.448. The van der Waals surface area contributed by atoms with Crippen molar-refractivity contribution in [3.8, 4) is 0 Å². The van der Waals surface area contributed by atoms with Crippen LogP contribution in [0.15, 0.2) is 41.7 Å². The third kappa shape index (κ3) is 5.49. The Labute approximate surface area is 162 Å². The Morgan fingerprint density at radius 3 is 2.81 bits per heavy atom. The van der Waals surface area contributed by atoms with Crippen molar-refractivity contribution >= 4 is 11.6 Å². The first-order valence-corrected chi connectivity index (χ1v) is 9.95. The second-order valence-electron chi connectivity index (χ2n) is 7.28. The van der Waals surface area contributed by atoms with Crippen LogP contribution >= 0.6 is 0 Å². The first kappa shape index (κ1) is 19.3. The lowest BCUT2D eigenvalue weighted by Crippen LogP contribution is -2.39. The summed E-state index contributed by atoms with van der Waals surface area (Å²) < 4.78 is 1.85. The van der Waals surface area contributed by atoms with Crippen molar-refractivity contribution in [2.24, 2.45) is 12.0 Å². The van der Waals surface area contributed by atoms with E-state index >= 15 is 0 Å². The fourth-order valence-corrected chi connectivity index (χ4v) is 3.55. The van der Waals surface area contributed by atoms with Crippen LogP contribution in [-0.2, 0) is 13.5 Å². The van der Waals surface area contributed by atoms with Crippen LogP contribution in [-0.4, -0.2) is 42.4 Å². The number of hydrogen-bond acceptors (Lipinski definition) is 3. The van der Waals surface area contributed by atoms with Crippen LogP contribution in [0.3, 0.4) is 0 Å². The smallest absolute Gasteiger partial charge is 0.191 e. The van der Waals surface area contributed by atoms with Crippen molar-refractivity contribution in [1.82, 2.24) is 20.4 Å². The monoisotopic (exact) mass is 368 g/mol. The molecule has 146 valence electrons. The molecule has 1 saturated heterocycles. The van der Waals surface area contributed by atoms with Gasteiger partial charge in [-0.15, -0.1) is 0 Å². The van der Waals surface area contributed by atoms with Crippen LogP contribution in [0.5, 0.6) is 0 Å². The predicted molar refractivity (Wildman–Crippen MR) is 112 cm³/mol. The summed E-state index contributed by atoms with van der Waals surface area (Å²) in [5.74, 6) is 0.847. The first-order valence-electron chi connectivity index (χ1n) is 9.95. The fourth-order valence-electron chi connectivity index (χ4n) is 3.55. The molecule has 0 amide bonds. The number of aromatic nitrogens is 2. The Bertz CT molecular complexity index is 745. The number of anilines is 1. The lowest BCUT2D eigenvalue weighted by atomic mass is 10.1. The summed E-state index contributed by atoms with van der Waals surface area (Å²) in [6.07, 6.45) is 8.67. The molecule has 0 spiro atoms. The third-order valence-corrected chi connectivity index (χ3v) is 5.11. The van der Waals surface area contributed by atoms with Crippen LogP contribution in [0, 0.1) is 0 Å². The molecule has 1 aliphatic rings. The van der Waals surface area contributed by atoms with E-state index in [-0.39, 0.29) is 6.04 Å². The summed E-state index contributed by atoms with van der Waals surface area (Å²) in [4.78, 5) is 6.84. The zero-order valence-electron chi connectivity index (χ0n) is 16.8. The van der Waals surface area contributed by atoms with Gasteiger partial charge >= 0.3 is 0 Å². The van der Waals surface area contributed by atoms with E-state index in [0.717, 1.165) is 25.3 Å². The molecule has 6 heteroatoms. The number of aliphatic imine (C=N–C) groups is 1. The van der Waals surface area contributed by atoms with Crippen molar-refractivity contribution in [3.05, 3.63) is 47.8 Å². The minimum Gasteiger partial charge on any atom is -0.372 e. The Morgan fingerprint density at radius 2 is 2.11 bits per heavy atom. The molecule has 0 bridgehead atoms. The molecule has 0 aliphatic carbocycles. The van der Waals surface area contributed by atoms with Crippen LogP contribution < -0.4 is 15.5 Å². The Balaban J connectivity index is 1.48. The van der Waals surface area contributed by atoms with Gasteiger partial charge in [0.15, 0.2) is 5.96 Å².